The summed E-state index contributed by atoms with van der Waals surface area (Å²) >= 11 is 0. The average Bonchev–Trinajstić information content (AvgIpc) is 2.27. The molecule has 0 spiro atoms. The van der Waals surface area contributed by atoms with Crippen LogP contribution in [-0.4, -0.2) is 39.2 Å². The highest BCUT2D eigenvalue weighted by Crippen LogP contribution is 2.22. The van der Waals surface area contributed by atoms with Crippen LogP contribution in [0, 0.1) is 0 Å². The minimum atomic E-state index is -0.787. The molecule has 0 atom stereocenters. The van der Waals surface area contributed by atoms with Gasteiger partial charge in [0, 0.05) is 18.2 Å². The number of benzene rings is 1. The fourth-order valence-electron chi connectivity index (χ4n) is 1.17. The summed E-state index contributed by atoms with van der Waals surface area (Å²) in [5, 5.41) is 39.6. The summed E-state index contributed by atoms with van der Waals surface area (Å²) in [5.41, 5.74) is -0.199. The van der Waals surface area contributed by atoms with E-state index < -0.39 is 5.54 Å². The molecule has 0 aliphatic carbocycles. The summed E-state index contributed by atoms with van der Waals surface area (Å²) < 4.78 is 0. The maximum Gasteiger partial charge on any atom is 0.123 e. The van der Waals surface area contributed by atoms with Crippen molar-refractivity contribution in [2.75, 3.05) is 13.2 Å². The number of phenolic OH excluding ortho intramolecular Hbond substituents is 2. The maximum atomic E-state index is 9.51. The van der Waals surface area contributed by atoms with Crippen molar-refractivity contribution < 1.29 is 20.4 Å². The lowest BCUT2D eigenvalue weighted by Gasteiger charge is -2.26. The van der Waals surface area contributed by atoms with Gasteiger partial charge in [-0.25, -0.2) is 0 Å². The summed E-state index contributed by atoms with van der Waals surface area (Å²) in [4.78, 5) is 0. The van der Waals surface area contributed by atoms with Gasteiger partial charge in [0.15, 0.2) is 0 Å². The van der Waals surface area contributed by atoms with E-state index in [1.54, 1.807) is 13.0 Å². The van der Waals surface area contributed by atoms with Gasteiger partial charge in [-0.3, -0.25) is 0 Å². The fourth-order valence-corrected chi connectivity index (χ4v) is 1.17. The third kappa shape index (κ3) is 3.10. The van der Waals surface area contributed by atoms with E-state index in [4.69, 9.17) is 15.3 Å². The van der Waals surface area contributed by atoms with E-state index in [9.17, 15) is 5.11 Å². The van der Waals surface area contributed by atoms with Gasteiger partial charge in [-0.15, -0.1) is 0 Å². The van der Waals surface area contributed by atoms with Crippen LogP contribution in [0.4, 0.5) is 0 Å². The molecule has 0 aliphatic heterocycles. The zero-order valence-corrected chi connectivity index (χ0v) is 9.14. The lowest BCUT2D eigenvalue weighted by Crippen LogP contribution is -2.48. The number of aliphatic hydroxyl groups is 2. The highest BCUT2D eigenvalue weighted by molar-refractivity contribution is 5.38. The number of nitrogens with one attached hydrogen (secondary N) is 1. The summed E-state index contributed by atoms with van der Waals surface area (Å²) in [6, 6.07) is 4.28. The molecule has 5 heteroatoms. The molecule has 0 fully saturated rings. The van der Waals surface area contributed by atoms with E-state index in [1.165, 1.54) is 12.1 Å². The number of rotatable bonds is 5. The van der Waals surface area contributed by atoms with Crippen LogP contribution >= 0.6 is 0 Å². The van der Waals surface area contributed by atoms with E-state index >= 15 is 0 Å². The summed E-state index contributed by atoms with van der Waals surface area (Å²) in [6.07, 6.45) is 0. The fraction of sp³-hybridized carbons (Fsp3) is 0.455. The van der Waals surface area contributed by atoms with E-state index in [2.05, 4.69) is 5.32 Å². The Hall–Kier alpha value is -1.30. The van der Waals surface area contributed by atoms with Gasteiger partial charge in [-0.05, 0) is 13.0 Å². The van der Waals surface area contributed by atoms with Crippen LogP contribution in [0.25, 0.3) is 0 Å². The molecule has 0 heterocycles. The molecule has 1 rings (SSSR count). The van der Waals surface area contributed by atoms with Crippen LogP contribution in [-0.2, 0) is 6.54 Å². The largest absolute Gasteiger partial charge is 0.508 e. The lowest BCUT2D eigenvalue weighted by molar-refractivity contribution is 0.103. The van der Waals surface area contributed by atoms with Gasteiger partial charge in [0.2, 0.25) is 0 Å². The second-order valence-electron chi connectivity index (χ2n) is 4.04. The standard InChI is InChI=1S/C11H17NO4/c1-11(6-13,7-14)12-5-8-2-3-9(15)4-10(8)16/h2-4,12-16H,5-7H2,1H3. The van der Waals surface area contributed by atoms with Gasteiger partial charge in [-0.1, -0.05) is 6.07 Å². The average molecular weight is 227 g/mol. The smallest absolute Gasteiger partial charge is 0.123 e. The van der Waals surface area contributed by atoms with Crippen LogP contribution in [0.5, 0.6) is 11.5 Å². The molecule has 16 heavy (non-hydrogen) atoms. The minimum Gasteiger partial charge on any atom is -0.508 e. The molecule has 0 radical (unpaired) electrons. The Bertz CT molecular complexity index is 350. The molecule has 0 saturated heterocycles. The number of hydrogen-bond donors (Lipinski definition) is 5. The topological polar surface area (TPSA) is 93.0 Å². The first-order valence-electron chi connectivity index (χ1n) is 4.98. The summed E-state index contributed by atoms with van der Waals surface area (Å²) in [7, 11) is 0. The Morgan fingerprint density at radius 3 is 2.31 bits per heavy atom. The molecule has 1 aromatic rings. The van der Waals surface area contributed by atoms with Crippen molar-refractivity contribution in [3.8, 4) is 11.5 Å². The Kier molecular flexibility index (Phi) is 4.12. The predicted octanol–water partition coefficient (Wildman–Crippen LogP) is -0.0693. The zero-order chi connectivity index (χ0) is 12.2. The highest BCUT2D eigenvalue weighted by atomic mass is 16.3. The van der Waals surface area contributed by atoms with Crippen LogP contribution in [0.2, 0.25) is 0 Å². The molecule has 90 valence electrons. The Morgan fingerprint density at radius 1 is 1.19 bits per heavy atom. The van der Waals surface area contributed by atoms with E-state index in [0.29, 0.717) is 12.1 Å². The molecule has 0 bridgehead atoms. The Balaban J connectivity index is 2.67. The van der Waals surface area contributed by atoms with Gasteiger partial charge in [0.05, 0.1) is 18.8 Å². The van der Waals surface area contributed by atoms with E-state index in [0.717, 1.165) is 0 Å². The first-order valence-corrected chi connectivity index (χ1v) is 4.98. The molecule has 1 aromatic carbocycles. The van der Waals surface area contributed by atoms with Crippen LogP contribution in [0.3, 0.4) is 0 Å². The monoisotopic (exact) mass is 227 g/mol. The van der Waals surface area contributed by atoms with Gasteiger partial charge in [-0.2, -0.15) is 0 Å². The highest BCUT2D eigenvalue weighted by Gasteiger charge is 2.21. The normalized spacial score (nSPS) is 11.7. The van der Waals surface area contributed by atoms with Crippen molar-refractivity contribution in [3.05, 3.63) is 23.8 Å². The van der Waals surface area contributed by atoms with Gasteiger partial charge in [0.25, 0.3) is 0 Å². The summed E-state index contributed by atoms with van der Waals surface area (Å²) in [5.74, 6) is -0.0287. The van der Waals surface area contributed by atoms with Gasteiger partial charge < -0.3 is 25.7 Å². The Morgan fingerprint density at radius 2 is 1.81 bits per heavy atom. The van der Waals surface area contributed by atoms with Crippen molar-refractivity contribution in [1.82, 2.24) is 5.32 Å². The summed E-state index contributed by atoms with van der Waals surface area (Å²) in [6.45, 7) is 1.55. The predicted molar refractivity (Wildman–Crippen MR) is 59.2 cm³/mol. The van der Waals surface area contributed by atoms with Crippen LogP contribution < -0.4 is 5.32 Å². The second kappa shape index (κ2) is 5.16. The quantitative estimate of drug-likeness (QED) is 0.485. The first kappa shape index (κ1) is 12.8. The third-order valence-electron chi connectivity index (χ3n) is 2.47. The van der Waals surface area contributed by atoms with Crippen LogP contribution in [0.15, 0.2) is 18.2 Å². The number of phenols is 2. The van der Waals surface area contributed by atoms with E-state index in [-0.39, 0.29) is 24.7 Å². The first-order chi connectivity index (χ1) is 7.50. The lowest BCUT2D eigenvalue weighted by atomic mass is 10.0. The molecule has 0 unspecified atom stereocenters. The van der Waals surface area contributed by atoms with Crippen molar-refractivity contribution >= 4 is 0 Å². The Labute approximate surface area is 94.0 Å². The van der Waals surface area contributed by atoms with Crippen molar-refractivity contribution in [2.45, 2.75) is 19.0 Å². The van der Waals surface area contributed by atoms with Crippen molar-refractivity contribution in [3.63, 3.8) is 0 Å². The molecular formula is C11H17NO4. The molecule has 0 aliphatic rings. The molecule has 5 nitrogen and oxygen atoms in total. The molecule has 0 aromatic heterocycles. The van der Waals surface area contributed by atoms with E-state index in [1.807, 2.05) is 0 Å². The van der Waals surface area contributed by atoms with Gasteiger partial charge >= 0.3 is 0 Å². The minimum absolute atomic E-state index is 0.00618. The molecule has 0 saturated carbocycles. The zero-order valence-electron chi connectivity index (χ0n) is 9.14. The maximum absolute atomic E-state index is 9.51. The molecule has 0 amide bonds. The van der Waals surface area contributed by atoms with Crippen LogP contribution in [0.1, 0.15) is 12.5 Å². The number of aromatic hydroxyl groups is 2. The van der Waals surface area contributed by atoms with Crippen molar-refractivity contribution in [2.24, 2.45) is 0 Å². The third-order valence-corrected chi connectivity index (χ3v) is 2.47. The van der Waals surface area contributed by atoms with Crippen molar-refractivity contribution in [1.29, 1.82) is 0 Å². The number of hydrogen-bond acceptors (Lipinski definition) is 5. The SMILES string of the molecule is CC(CO)(CO)NCc1ccc(O)cc1O. The molecular weight excluding hydrogens is 210 g/mol. The van der Waals surface area contributed by atoms with Gasteiger partial charge in [0.1, 0.15) is 11.5 Å². The molecule has 5 N–H and O–H groups in total. The number of aliphatic hydroxyl groups excluding tert-OH is 2. The second-order valence-corrected chi connectivity index (χ2v) is 4.04.